The standard InChI is InChI=1S/C16H16NS.C2H6O3S/c1-3-17-12(2)18-16-11-14(9-10-15(16)17)13-7-5-4-6-8-13;1-2-6(3,4)5/h4-11H,3H2,1-2H3;2H2,1H3,(H,3,4,5)/q+1;/p-1. The Hall–Kier alpha value is -1.76. The average Bonchev–Trinajstić information content (AvgIpc) is 2.89. The molecule has 1 aromatic heterocycles. The molecule has 0 radical (unpaired) electrons. The Kier molecular flexibility index (Phi) is 6.10. The Balaban J connectivity index is 0.000000301. The van der Waals surface area contributed by atoms with Crippen molar-refractivity contribution >= 4 is 31.7 Å². The second-order valence-electron chi connectivity index (χ2n) is 5.26. The van der Waals surface area contributed by atoms with E-state index < -0.39 is 10.1 Å². The van der Waals surface area contributed by atoms with E-state index in [-0.39, 0.29) is 5.75 Å². The Labute approximate surface area is 147 Å². The first-order chi connectivity index (χ1) is 11.4. The third-order valence-electron chi connectivity index (χ3n) is 3.67. The van der Waals surface area contributed by atoms with Gasteiger partial charge in [0.2, 0.25) is 10.5 Å². The van der Waals surface area contributed by atoms with Crippen molar-refractivity contribution in [2.75, 3.05) is 5.75 Å². The fraction of sp³-hybridized carbons (Fsp3) is 0.278. The van der Waals surface area contributed by atoms with Crippen LogP contribution in [0.5, 0.6) is 0 Å². The lowest BCUT2D eigenvalue weighted by Gasteiger charge is -2.00. The first kappa shape index (κ1) is 18.6. The first-order valence-electron chi connectivity index (χ1n) is 7.77. The second-order valence-corrected chi connectivity index (χ2v) is 8.19. The van der Waals surface area contributed by atoms with Gasteiger partial charge in [0.1, 0.15) is 11.2 Å². The zero-order valence-corrected chi connectivity index (χ0v) is 15.7. The Morgan fingerprint density at radius 2 is 1.67 bits per heavy atom. The maximum absolute atomic E-state index is 9.44. The number of hydrogen-bond acceptors (Lipinski definition) is 4. The smallest absolute Gasteiger partial charge is 0.235 e. The molecule has 0 aliphatic heterocycles. The van der Waals surface area contributed by atoms with Gasteiger partial charge in [0.15, 0.2) is 0 Å². The molecule has 0 saturated heterocycles. The SMILES string of the molecule is CCS(=O)(=O)[O-].CC[n+]1c(C)sc2cc(-c3ccccc3)ccc21. The average molecular weight is 364 g/mol. The van der Waals surface area contributed by atoms with Crippen molar-refractivity contribution in [2.24, 2.45) is 0 Å². The minimum absolute atomic E-state index is 0.312. The highest BCUT2D eigenvalue weighted by molar-refractivity contribution is 7.85. The molecule has 128 valence electrons. The van der Waals surface area contributed by atoms with Crippen molar-refractivity contribution in [3.05, 3.63) is 53.5 Å². The van der Waals surface area contributed by atoms with Gasteiger partial charge in [0, 0.05) is 18.7 Å². The second kappa shape index (κ2) is 7.88. The molecule has 3 rings (SSSR count). The van der Waals surface area contributed by atoms with Gasteiger partial charge in [0.25, 0.3) is 0 Å². The molecule has 1 heterocycles. The molecule has 0 aliphatic rings. The summed E-state index contributed by atoms with van der Waals surface area (Å²) >= 11 is 1.88. The number of fused-ring (bicyclic) bond motifs is 1. The van der Waals surface area contributed by atoms with Crippen molar-refractivity contribution < 1.29 is 17.5 Å². The van der Waals surface area contributed by atoms with E-state index in [0.29, 0.717) is 0 Å². The summed E-state index contributed by atoms with van der Waals surface area (Å²) in [7, 11) is -3.91. The number of aryl methyl sites for hydroxylation is 2. The predicted octanol–water partition coefficient (Wildman–Crippen LogP) is 3.74. The van der Waals surface area contributed by atoms with E-state index in [1.165, 1.54) is 33.3 Å². The number of thiazole rings is 1. The van der Waals surface area contributed by atoms with Crippen molar-refractivity contribution in [3.63, 3.8) is 0 Å². The maximum Gasteiger partial charge on any atom is 0.235 e. The van der Waals surface area contributed by atoms with Crippen LogP contribution in [0.15, 0.2) is 48.5 Å². The minimum atomic E-state index is -3.91. The Bertz CT molecular complexity index is 916. The summed E-state index contributed by atoms with van der Waals surface area (Å²) in [6, 6.07) is 17.3. The lowest BCUT2D eigenvalue weighted by molar-refractivity contribution is -0.669. The number of rotatable bonds is 3. The van der Waals surface area contributed by atoms with Crippen LogP contribution in [0.3, 0.4) is 0 Å². The van der Waals surface area contributed by atoms with Crippen LogP contribution in [-0.4, -0.2) is 18.7 Å². The minimum Gasteiger partial charge on any atom is -0.748 e. The van der Waals surface area contributed by atoms with Gasteiger partial charge >= 0.3 is 0 Å². The normalized spacial score (nSPS) is 11.2. The molecule has 0 amide bonds. The molecule has 4 nitrogen and oxygen atoms in total. The van der Waals surface area contributed by atoms with Crippen LogP contribution in [0, 0.1) is 6.92 Å². The van der Waals surface area contributed by atoms with Crippen LogP contribution in [0.2, 0.25) is 0 Å². The molecule has 0 saturated carbocycles. The van der Waals surface area contributed by atoms with E-state index in [0.717, 1.165) is 6.54 Å². The van der Waals surface area contributed by atoms with Gasteiger partial charge in [0.05, 0.1) is 10.1 Å². The fourth-order valence-electron chi connectivity index (χ4n) is 2.41. The molecular formula is C18H21NO3S2. The van der Waals surface area contributed by atoms with E-state index in [1.54, 1.807) is 0 Å². The van der Waals surface area contributed by atoms with Crippen molar-refractivity contribution in [1.29, 1.82) is 0 Å². The molecule has 0 aliphatic carbocycles. The van der Waals surface area contributed by atoms with Crippen LogP contribution in [-0.2, 0) is 16.7 Å². The molecular weight excluding hydrogens is 342 g/mol. The first-order valence-corrected chi connectivity index (χ1v) is 10.2. The molecule has 6 heteroatoms. The number of benzene rings is 2. The molecule has 0 unspecified atom stereocenters. The molecule has 0 atom stereocenters. The molecule has 0 spiro atoms. The lowest BCUT2D eigenvalue weighted by atomic mass is 10.1. The van der Waals surface area contributed by atoms with Gasteiger partial charge in [-0.1, -0.05) is 48.6 Å². The number of aromatic nitrogens is 1. The highest BCUT2D eigenvalue weighted by atomic mass is 32.2. The number of nitrogens with zero attached hydrogens (tertiary/aromatic N) is 1. The molecule has 0 bridgehead atoms. The van der Waals surface area contributed by atoms with Crippen LogP contribution in [0.25, 0.3) is 21.3 Å². The Morgan fingerprint density at radius 3 is 2.21 bits per heavy atom. The third kappa shape index (κ3) is 4.63. The summed E-state index contributed by atoms with van der Waals surface area (Å²) in [5.74, 6) is -0.312. The summed E-state index contributed by atoms with van der Waals surface area (Å²) in [4.78, 5) is 0. The number of hydrogen-bond donors (Lipinski definition) is 0. The highest BCUT2D eigenvalue weighted by Crippen LogP contribution is 2.26. The summed E-state index contributed by atoms with van der Waals surface area (Å²) in [5.41, 5.74) is 3.93. The van der Waals surface area contributed by atoms with Crippen molar-refractivity contribution in [3.8, 4) is 11.1 Å². The monoisotopic (exact) mass is 363 g/mol. The molecule has 2 aromatic carbocycles. The van der Waals surface area contributed by atoms with E-state index in [4.69, 9.17) is 0 Å². The van der Waals surface area contributed by atoms with E-state index in [1.807, 2.05) is 11.3 Å². The summed E-state index contributed by atoms with van der Waals surface area (Å²) in [6.45, 7) is 6.74. The van der Waals surface area contributed by atoms with Crippen molar-refractivity contribution in [1.82, 2.24) is 0 Å². The largest absolute Gasteiger partial charge is 0.748 e. The maximum atomic E-state index is 9.44. The quantitative estimate of drug-likeness (QED) is 0.526. The van der Waals surface area contributed by atoms with Crippen LogP contribution in [0.1, 0.15) is 18.9 Å². The zero-order chi connectivity index (χ0) is 17.7. The summed E-state index contributed by atoms with van der Waals surface area (Å²) in [5, 5.41) is 1.37. The molecule has 0 N–H and O–H groups in total. The van der Waals surface area contributed by atoms with E-state index in [2.05, 4.69) is 66.9 Å². The molecule has 0 fully saturated rings. The molecule has 24 heavy (non-hydrogen) atoms. The fourth-order valence-corrected chi connectivity index (χ4v) is 3.53. The topological polar surface area (TPSA) is 61.1 Å². The van der Waals surface area contributed by atoms with Crippen LogP contribution in [0.4, 0.5) is 0 Å². The summed E-state index contributed by atoms with van der Waals surface area (Å²) < 4.78 is 32.1. The molecule has 3 aromatic rings. The Morgan fingerprint density at radius 1 is 1.04 bits per heavy atom. The third-order valence-corrected chi connectivity index (χ3v) is 5.44. The van der Waals surface area contributed by atoms with E-state index >= 15 is 0 Å². The van der Waals surface area contributed by atoms with Gasteiger partial charge in [-0.3, -0.25) is 0 Å². The van der Waals surface area contributed by atoms with Gasteiger partial charge < -0.3 is 4.55 Å². The van der Waals surface area contributed by atoms with Crippen LogP contribution < -0.4 is 4.57 Å². The van der Waals surface area contributed by atoms with Crippen molar-refractivity contribution in [2.45, 2.75) is 27.3 Å². The van der Waals surface area contributed by atoms with E-state index in [9.17, 15) is 13.0 Å². The van der Waals surface area contributed by atoms with Gasteiger partial charge in [-0.2, -0.15) is 4.57 Å². The lowest BCUT2D eigenvalue weighted by Crippen LogP contribution is -2.33. The zero-order valence-electron chi connectivity index (χ0n) is 14.0. The predicted molar refractivity (Wildman–Crippen MR) is 98.1 cm³/mol. The van der Waals surface area contributed by atoms with Gasteiger partial charge in [-0.05, 0) is 30.2 Å². The van der Waals surface area contributed by atoms with Crippen LogP contribution >= 0.6 is 11.3 Å². The highest BCUT2D eigenvalue weighted by Gasteiger charge is 2.15. The van der Waals surface area contributed by atoms with Gasteiger partial charge in [-0.15, -0.1) is 0 Å². The van der Waals surface area contributed by atoms with Gasteiger partial charge in [-0.25, -0.2) is 8.42 Å². The summed E-state index contributed by atoms with van der Waals surface area (Å²) in [6.07, 6.45) is 0.